The van der Waals surface area contributed by atoms with E-state index in [1.807, 2.05) is 50.8 Å². The Morgan fingerprint density at radius 1 is 1.09 bits per heavy atom. The first kappa shape index (κ1) is 23.4. The fourth-order valence-electron chi connectivity index (χ4n) is 3.03. The van der Waals surface area contributed by atoms with E-state index in [1.54, 1.807) is 0 Å². The van der Waals surface area contributed by atoms with Crippen LogP contribution in [0.15, 0.2) is 41.5 Å². The van der Waals surface area contributed by atoms with E-state index in [0.717, 1.165) is 16.8 Å². The van der Waals surface area contributed by atoms with Crippen molar-refractivity contribution in [2.75, 3.05) is 28.7 Å². The number of hydrazone groups is 1. The van der Waals surface area contributed by atoms with Gasteiger partial charge in [-0.1, -0.05) is 12.1 Å². The van der Waals surface area contributed by atoms with Crippen molar-refractivity contribution in [1.82, 2.24) is 15.0 Å². The minimum absolute atomic E-state index is 0.136. The molecule has 0 unspecified atom stereocenters. The number of nitro groups is 1. The second-order valence-corrected chi connectivity index (χ2v) is 7.27. The van der Waals surface area contributed by atoms with Crippen LogP contribution in [-0.2, 0) is 0 Å². The zero-order valence-electron chi connectivity index (χ0n) is 18.9. The van der Waals surface area contributed by atoms with Gasteiger partial charge in [0, 0.05) is 36.5 Å². The zero-order valence-corrected chi connectivity index (χ0v) is 18.9. The second kappa shape index (κ2) is 10.4. The molecule has 0 aliphatic heterocycles. The first-order valence-corrected chi connectivity index (χ1v) is 10.4. The van der Waals surface area contributed by atoms with Gasteiger partial charge in [0.05, 0.1) is 11.1 Å². The maximum Gasteiger partial charge on any atom is 0.270 e. The molecule has 11 nitrogen and oxygen atoms in total. The van der Waals surface area contributed by atoms with E-state index in [-0.39, 0.29) is 22.9 Å². The van der Waals surface area contributed by atoms with Crippen molar-refractivity contribution in [1.29, 1.82) is 0 Å². The molecule has 0 fully saturated rings. The molecule has 172 valence electrons. The van der Waals surface area contributed by atoms with Crippen LogP contribution in [0.3, 0.4) is 0 Å². The highest BCUT2D eigenvalue weighted by Gasteiger charge is 2.13. The molecule has 0 amide bonds. The summed E-state index contributed by atoms with van der Waals surface area (Å²) < 4.78 is 0. The third kappa shape index (κ3) is 5.91. The predicted molar refractivity (Wildman–Crippen MR) is 129 cm³/mol. The van der Waals surface area contributed by atoms with Gasteiger partial charge in [-0.15, -0.1) is 0 Å². The molecule has 0 spiro atoms. The van der Waals surface area contributed by atoms with E-state index in [1.165, 1.54) is 24.4 Å². The van der Waals surface area contributed by atoms with Gasteiger partial charge in [-0.25, -0.2) is 5.43 Å². The average Bonchev–Trinajstić information content (AvgIpc) is 2.78. The average molecular weight is 451 g/mol. The van der Waals surface area contributed by atoms with Crippen LogP contribution in [0.2, 0.25) is 0 Å². The molecule has 0 radical (unpaired) electrons. The number of aryl methyl sites for hydroxylation is 2. The molecule has 0 bridgehead atoms. The van der Waals surface area contributed by atoms with Crippen LogP contribution in [0.4, 0.5) is 29.2 Å². The standard InChI is InChI=1S/C22H26N8O3/c1-5-29(6-2)22-26-20(24-18-11-14(3)7-8-15(18)4)25-21(27-22)28-23-13-16-12-17(30(32)33)9-10-19(16)31/h7-13,31H,5-6H2,1-4H3,(H2,24,25,26,27,28)/b23-13+. The van der Waals surface area contributed by atoms with Crippen molar-refractivity contribution in [2.24, 2.45) is 5.10 Å². The molecule has 1 aromatic heterocycles. The smallest absolute Gasteiger partial charge is 0.270 e. The van der Waals surface area contributed by atoms with Crippen molar-refractivity contribution in [3.63, 3.8) is 0 Å². The number of nitro benzene ring substituents is 1. The molecular weight excluding hydrogens is 424 g/mol. The number of benzene rings is 2. The van der Waals surface area contributed by atoms with E-state index in [0.29, 0.717) is 25.0 Å². The Balaban J connectivity index is 1.91. The highest BCUT2D eigenvalue weighted by Crippen LogP contribution is 2.23. The highest BCUT2D eigenvalue weighted by atomic mass is 16.6. The molecule has 0 aliphatic rings. The SMILES string of the molecule is CCN(CC)c1nc(N/N=C/c2cc([N+](=O)[O-])ccc2O)nc(Nc2cc(C)ccc2C)n1. The Bertz CT molecular complexity index is 1180. The lowest BCUT2D eigenvalue weighted by Gasteiger charge is -2.19. The number of phenols is 1. The molecule has 0 saturated heterocycles. The summed E-state index contributed by atoms with van der Waals surface area (Å²) >= 11 is 0. The Morgan fingerprint density at radius 3 is 2.52 bits per heavy atom. The highest BCUT2D eigenvalue weighted by molar-refractivity contribution is 5.84. The normalized spacial score (nSPS) is 10.9. The summed E-state index contributed by atoms with van der Waals surface area (Å²) in [5, 5.41) is 28.2. The number of anilines is 4. The van der Waals surface area contributed by atoms with Gasteiger partial charge in [0.1, 0.15) is 5.75 Å². The topological polar surface area (TPSA) is 142 Å². The molecule has 1 heterocycles. The Morgan fingerprint density at radius 2 is 1.82 bits per heavy atom. The maximum atomic E-state index is 11.0. The minimum atomic E-state index is -0.544. The van der Waals surface area contributed by atoms with Crippen LogP contribution in [0.1, 0.15) is 30.5 Å². The van der Waals surface area contributed by atoms with E-state index in [4.69, 9.17) is 0 Å². The molecule has 33 heavy (non-hydrogen) atoms. The van der Waals surface area contributed by atoms with Gasteiger partial charge in [-0.05, 0) is 51.0 Å². The second-order valence-electron chi connectivity index (χ2n) is 7.27. The number of nitrogens with zero attached hydrogens (tertiary/aromatic N) is 6. The van der Waals surface area contributed by atoms with Crippen molar-refractivity contribution in [3.05, 3.63) is 63.2 Å². The first-order chi connectivity index (χ1) is 15.8. The van der Waals surface area contributed by atoms with Gasteiger partial charge >= 0.3 is 0 Å². The molecule has 3 rings (SSSR count). The van der Waals surface area contributed by atoms with Crippen LogP contribution >= 0.6 is 0 Å². The van der Waals surface area contributed by atoms with E-state index in [9.17, 15) is 15.2 Å². The number of nitrogens with one attached hydrogen (secondary N) is 2. The van der Waals surface area contributed by atoms with Crippen molar-refractivity contribution in [2.45, 2.75) is 27.7 Å². The lowest BCUT2D eigenvalue weighted by molar-refractivity contribution is -0.384. The molecular formula is C22H26N8O3. The van der Waals surface area contributed by atoms with Crippen molar-refractivity contribution >= 4 is 35.4 Å². The zero-order chi connectivity index (χ0) is 24.0. The molecule has 3 aromatic rings. The van der Waals surface area contributed by atoms with Gasteiger partial charge in [0.2, 0.25) is 17.8 Å². The fourth-order valence-corrected chi connectivity index (χ4v) is 3.03. The molecule has 2 aromatic carbocycles. The van der Waals surface area contributed by atoms with E-state index >= 15 is 0 Å². The molecule has 0 atom stereocenters. The lowest BCUT2D eigenvalue weighted by atomic mass is 10.1. The number of non-ortho nitro benzene ring substituents is 1. The number of phenolic OH excluding ortho intramolecular Hbond substituents is 1. The molecule has 0 aliphatic carbocycles. The molecule has 0 saturated carbocycles. The van der Waals surface area contributed by atoms with Gasteiger partial charge in [-0.3, -0.25) is 10.1 Å². The van der Waals surface area contributed by atoms with Crippen LogP contribution in [0.5, 0.6) is 5.75 Å². The van der Waals surface area contributed by atoms with Gasteiger partial charge in [0.15, 0.2) is 0 Å². The Hall–Kier alpha value is -4.28. The van der Waals surface area contributed by atoms with E-state index in [2.05, 4.69) is 30.8 Å². The van der Waals surface area contributed by atoms with Crippen molar-refractivity contribution in [3.8, 4) is 5.75 Å². The quantitative estimate of drug-likeness (QED) is 0.249. The van der Waals surface area contributed by atoms with Gasteiger partial charge in [0.25, 0.3) is 5.69 Å². The summed E-state index contributed by atoms with van der Waals surface area (Å²) in [5.74, 6) is 0.860. The van der Waals surface area contributed by atoms with Gasteiger partial charge < -0.3 is 15.3 Å². The Labute approximate surface area is 191 Å². The molecule has 3 N–H and O–H groups in total. The first-order valence-electron chi connectivity index (χ1n) is 10.4. The van der Waals surface area contributed by atoms with Gasteiger partial charge in [-0.2, -0.15) is 20.1 Å². The molecule has 11 heteroatoms. The number of hydrogen-bond acceptors (Lipinski definition) is 10. The summed E-state index contributed by atoms with van der Waals surface area (Å²) in [7, 11) is 0. The fraction of sp³-hybridized carbons (Fsp3) is 0.273. The predicted octanol–water partition coefficient (Wildman–Crippen LogP) is 4.14. The van der Waals surface area contributed by atoms with E-state index < -0.39 is 4.92 Å². The summed E-state index contributed by atoms with van der Waals surface area (Å²) in [6, 6.07) is 9.73. The minimum Gasteiger partial charge on any atom is -0.507 e. The third-order valence-corrected chi connectivity index (χ3v) is 4.90. The summed E-state index contributed by atoms with van der Waals surface area (Å²) in [4.78, 5) is 25.8. The number of aromatic hydroxyl groups is 1. The summed E-state index contributed by atoms with van der Waals surface area (Å²) in [6.07, 6.45) is 1.26. The number of rotatable bonds is 9. The van der Waals surface area contributed by atoms with Crippen LogP contribution in [-0.4, -0.2) is 44.3 Å². The number of hydrogen-bond donors (Lipinski definition) is 3. The number of aromatic nitrogens is 3. The van der Waals surface area contributed by atoms with Crippen molar-refractivity contribution < 1.29 is 10.0 Å². The van der Waals surface area contributed by atoms with Crippen LogP contribution in [0.25, 0.3) is 0 Å². The maximum absolute atomic E-state index is 11.0. The van der Waals surface area contributed by atoms with Crippen LogP contribution < -0.4 is 15.6 Å². The van der Waals surface area contributed by atoms with Crippen LogP contribution in [0, 0.1) is 24.0 Å². The summed E-state index contributed by atoms with van der Waals surface area (Å²) in [6.45, 7) is 9.40. The third-order valence-electron chi connectivity index (χ3n) is 4.90. The monoisotopic (exact) mass is 450 g/mol. The largest absolute Gasteiger partial charge is 0.507 e. The Kier molecular flexibility index (Phi) is 7.34. The summed E-state index contributed by atoms with van der Waals surface area (Å²) in [5.41, 5.74) is 5.77. The lowest BCUT2D eigenvalue weighted by Crippen LogP contribution is -2.25.